The van der Waals surface area contributed by atoms with Crippen LogP contribution < -0.4 is 9.64 Å². The maximum Gasteiger partial charge on any atom is 0.257 e. The number of nitrogens with zero attached hydrogens (tertiary/aromatic N) is 2. The molecule has 0 bridgehead atoms. The van der Waals surface area contributed by atoms with Crippen molar-refractivity contribution in [2.24, 2.45) is 0 Å². The number of hydrogen-bond acceptors (Lipinski definition) is 4. The van der Waals surface area contributed by atoms with E-state index >= 15 is 0 Å². The Morgan fingerprint density at radius 1 is 1.07 bits per heavy atom. The summed E-state index contributed by atoms with van der Waals surface area (Å²) in [6.07, 6.45) is 3.74. The second-order valence-electron chi connectivity index (χ2n) is 8.01. The highest BCUT2D eigenvalue weighted by atomic mass is 16.5. The highest BCUT2D eigenvalue weighted by molar-refractivity contribution is 6.23. The van der Waals surface area contributed by atoms with Crippen LogP contribution in [0.2, 0.25) is 0 Å². The van der Waals surface area contributed by atoms with Gasteiger partial charge in [0, 0.05) is 11.6 Å². The molecule has 1 unspecified atom stereocenters. The van der Waals surface area contributed by atoms with Crippen molar-refractivity contribution in [3.05, 3.63) is 59.7 Å². The average Bonchev–Trinajstić information content (AvgIpc) is 3.38. The first-order valence-electron chi connectivity index (χ1n) is 10.4. The summed E-state index contributed by atoms with van der Waals surface area (Å²) >= 11 is 0. The van der Waals surface area contributed by atoms with E-state index in [9.17, 15) is 14.4 Å². The lowest BCUT2D eigenvalue weighted by molar-refractivity contribution is -0.123. The minimum Gasteiger partial charge on any atom is -0.497 e. The Labute approximate surface area is 176 Å². The fourth-order valence-corrected chi connectivity index (χ4v) is 4.45. The summed E-state index contributed by atoms with van der Waals surface area (Å²) in [6, 6.07) is 13.4. The molecule has 2 fully saturated rings. The molecule has 0 radical (unpaired) electrons. The molecule has 156 valence electrons. The van der Waals surface area contributed by atoms with Gasteiger partial charge in [0.2, 0.25) is 5.91 Å². The second-order valence-corrected chi connectivity index (χ2v) is 8.01. The minimum absolute atomic E-state index is 0.0128. The summed E-state index contributed by atoms with van der Waals surface area (Å²) in [6.45, 7) is 1.95. The number of imide groups is 1. The zero-order chi connectivity index (χ0) is 21.3. The van der Waals surface area contributed by atoms with Gasteiger partial charge in [-0.05, 0) is 50.1 Å². The Bertz CT molecular complexity index is 963. The fraction of sp³-hybridized carbons (Fsp3) is 0.375. The zero-order valence-corrected chi connectivity index (χ0v) is 17.3. The molecule has 6 heteroatoms. The first-order valence-corrected chi connectivity index (χ1v) is 10.4. The molecule has 1 aliphatic carbocycles. The van der Waals surface area contributed by atoms with Gasteiger partial charge in [0.15, 0.2) is 0 Å². The number of hydrogen-bond donors (Lipinski definition) is 0. The molecule has 1 aliphatic heterocycles. The Kier molecular flexibility index (Phi) is 5.57. The summed E-state index contributed by atoms with van der Waals surface area (Å²) in [4.78, 5) is 42.6. The molecular formula is C24H26N2O4. The third-order valence-electron chi connectivity index (χ3n) is 6.02. The van der Waals surface area contributed by atoms with Gasteiger partial charge < -0.3 is 9.64 Å². The molecule has 0 spiro atoms. The van der Waals surface area contributed by atoms with E-state index in [-0.39, 0.29) is 30.2 Å². The van der Waals surface area contributed by atoms with Crippen LogP contribution in [0.5, 0.6) is 5.75 Å². The Morgan fingerprint density at radius 2 is 1.77 bits per heavy atom. The molecule has 0 N–H and O–H groups in total. The van der Waals surface area contributed by atoms with Crippen LogP contribution in [0.3, 0.4) is 0 Å². The maximum atomic E-state index is 13.5. The molecule has 1 atom stereocenters. The van der Waals surface area contributed by atoms with Crippen molar-refractivity contribution in [2.45, 2.75) is 51.1 Å². The molecule has 1 saturated carbocycles. The topological polar surface area (TPSA) is 66.9 Å². The predicted octanol–water partition coefficient (Wildman–Crippen LogP) is 3.72. The average molecular weight is 406 g/mol. The molecule has 1 heterocycles. The van der Waals surface area contributed by atoms with Gasteiger partial charge in [0.25, 0.3) is 11.8 Å². The monoisotopic (exact) mass is 406 g/mol. The SMILES string of the molecule is COc1cccc(C(=O)N(C2CCCC2)C2CC(=O)N(c3ccc(C)cc3)C2=O)c1. The van der Waals surface area contributed by atoms with Crippen LogP contribution >= 0.6 is 0 Å². The Hall–Kier alpha value is -3.15. The normalized spacial score (nSPS) is 19.4. The largest absolute Gasteiger partial charge is 0.497 e. The molecule has 2 aromatic carbocycles. The molecule has 0 aromatic heterocycles. The van der Waals surface area contributed by atoms with E-state index in [1.165, 1.54) is 4.90 Å². The fourth-order valence-electron chi connectivity index (χ4n) is 4.45. The van der Waals surface area contributed by atoms with Crippen LogP contribution in [0, 0.1) is 6.92 Å². The standard InChI is InChI=1S/C24H26N2O4/c1-16-10-12-19(13-11-16)26-22(27)15-21(24(26)29)25(18-7-3-4-8-18)23(28)17-6-5-9-20(14-17)30-2/h5-6,9-14,18,21H,3-4,7-8,15H2,1-2H3. The molecule has 30 heavy (non-hydrogen) atoms. The van der Waals surface area contributed by atoms with Crippen LogP contribution in [-0.4, -0.2) is 41.8 Å². The van der Waals surface area contributed by atoms with Gasteiger partial charge >= 0.3 is 0 Å². The number of amides is 3. The molecule has 1 saturated heterocycles. The number of methoxy groups -OCH3 is 1. The smallest absolute Gasteiger partial charge is 0.257 e. The molecule has 6 nitrogen and oxygen atoms in total. The summed E-state index contributed by atoms with van der Waals surface area (Å²) in [5.41, 5.74) is 2.07. The van der Waals surface area contributed by atoms with E-state index in [0.29, 0.717) is 17.0 Å². The summed E-state index contributed by atoms with van der Waals surface area (Å²) in [5.74, 6) is -0.234. The quantitative estimate of drug-likeness (QED) is 0.710. The van der Waals surface area contributed by atoms with Gasteiger partial charge in [-0.3, -0.25) is 14.4 Å². The van der Waals surface area contributed by atoms with Gasteiger partial charge in [-0.15, -0.1) is 0 Å². The van der Waals surface area contributed by atoms with E-state index in [4.69, 9.17) is 4.74 Å². The van der Waals surface area contributed by atoms with Gasteiger partial charge in [-0.25, -0.2) is 4.90 Å². The van der Waals surface area contributed by atoms with Crippen molar-refractivity contribution in [3.8, 4) is 5.75 Å². The van der Waals surface area contributed by atoms with E-state index in [1.807, 2.05) is 19.1 Å². The van der Waals surface area contributed by atoms with E-state index in [1.54, 1.807) is 48.4 Å². The molecular weight excluding hydrogens is 380 g/mol. The van der Waals surface area contributed by atoms with Gasteiger partial charge in [-0.2, -0.15) is 0 Å². The van der Waals surface area contributed by atoms with Crippen molar-refractivity contribution >= 4 is 23.4 Å². The van der Waals surface area contributed by atoms with E-state index in [2.05, 4.69) is 0 Å². The number of rotatable bonds is 5. The Balaban J connectivity index is 1.67. The van der Waals surface area contributed by atoms with Crippen molar-refractivity contribution < 1.29 is 19.1 Å². The molecule has 2 aliphatic rings. The van der Waals surface area contributed by atoms with Crippen LogP contribution in [0.4, 0.5) is 5.69 Å². The first-order chi connectivity index (χ1) is 14.5. The van der Waals surface area contributed by atoms with Crippen LogP contribution in [0.15, 0.2) is 48.5 Å². The van der Waals surface area contributed by atoms with Gasteiger partial charge in [-0.1, -0.05) is 36.6 Å². The number of carbonyl (C=O) groups excluding carboxylic acids is 3. The van der Waals surface area contributed by atoms with Crippen LogP contribution in [0.25, 0.3) is 0 Å². The second kappa shape index (κ2) is 8.30. The van der Waals surface area contributed by atoms with Crippen LogP contribution in [-0.2, 0) is 9.59 Å². The highest BCUT2D eigenvalue weighted by Gasteiger charge is 2.47. The van der Waals surface area contributed by atoms with Gasteiger partial charge in [0.05, 0.1) is 19.2 Å². The van der Waals surface area contributed by atoms with Crippen molar-refractivity contribution in [3.63, 3.8) is 0 Å². The van der Waals surface area contributed by atoms with Crippen LogP contribution in [0.1, 0.15) is 48.0 Å². The molecule has 2 aromatic rings. The minimum atomic E-state index is -0.777. The third kappa shape index (κ3) is 3.70. The Morgan fingerprint density at radius 3 is 2.43 bits per heavy atom. The van der Waals surface area contributed by atoms with E-state index < -0.39 is 6.04 Å². The first kappa shape index (κ1) is 20.1. The number of benzene rings is 2. The summed E-state index contributed by atoms with van der Waals surface area (Å²) < 4.78 is 5.26. The number of ether oxygens (including phenoxy) is 1. The van der Waals surface area contributed by atoms with Crippen molar-refractivity contribution in [1.29, 1.82) is 0 Å². The molecule has 3 amide bonds. The molecule has 4 rings (SSSR count). The number of aryl methyl sites for hydroxylation is 1. The van der Waals surface area contributed by atoms with Crippen molar-refractivity contribution in [2.75, 3.05) is 12.0 Å². The lowest BCUT2D eigenvalue weighted by Gasteiger charge is -2.33. The van der Waals surface area contributed by atoms with Crippen molar-refractivity contribution in [1.82, 2.24) is 4.90 Å². The lowest BCUT2D eigenvalue weighted by atomic mass is 10.1. The third-order valence-corrected chi connectivity index (χ3v) is 6.02. The maximum absolute atomic E-state index is 13.5. The summed E-state index contributed by atoms with van der Waals surface area (Å²) in [7, 11) is 1.55. The lowest BCUT2D eigenvalue weighted by Crippen LogP contribution is -2.50. The zero-order valence-electron chi connectivity index (χ0n) is 17.3. The highest BCUT2D eigenvalue weighted by Crippen LogP contribution is 2.33. The number of carbonyl (C=O) groups is 3. The number of anilines is 1. The van der Waals surface area contributed by atoms with Gasteiger partial charge in [0.1, 0.15) is 11.8 Å². The predicted molar refractivity (Wildman–Crippen MR) is 113 cm³/mol. The summed E-state index contributed by atoms with van der Waals surface area (Å²) in [5, 5.41) is 0. The van der Waals surface area contributed by atoms with E-state index in [0.717, 1.165) is 31.2 Å².